The molecule has 1 aliphatic carbocycles. The Hall–Kier alpha value is -2.70. The molecule has 152 valence electrons. The SMILES string of the molecule is Nc1c(C(=O)NCc2ccccc2)sc2nc3c(c(-c4cccs4)c12)CCCCC3. The van der Waals surface area contributed by atoms with Crippen LogP contribution in [0.1, 0.15) is 45.8 Å². The fraction of sp³-hybridized carbons (Fsp3) is 0.250. The molecule has 1 amide bonds. The van der Waals surface area contributed by atoms with Gasteiger partial charge in [-0.25, -0.2) is 4.98 Å². The number of pyridine rings is 1. The minimum absolute atomic E-state index is 0.133. The summed E-state index contributed by atoms with van der Waals surface area (Å²) in [4.78, 5) is 20.6. The van der Waals surface area contributed by atoms with E-state index in [1.807, 2.05) is 30.3 Å². The molecule has 1 aliphatic rings. The van der Waals surface area contributed by atoms with Crippen molar-refractivity contribution in [2.45, 2.75) is 38.6 Å². The van der Waals surface area contributed by atoms with Crippen molar-refractivity contribution in [3.8, 4) is 10.4 Å². The van der Waals surface area contributed by atoms with Crippen molar-refractivity contribution in [1.29, 1.82) is 0 Å². The first kappa shape index (κ1) is 19.3. The van der Waals surface area contributed by atoms with E-state index in [1.54, 1.807) is 11.3 Å². The van der Waals surface area contributed by atoms with E-state index in [0.717, 1.165) is 28.6 Å². The van der Waals surface area contributed by atoms with Crippen molar-refractivity contribution in [2.75, 3.05) is 5.73 Å². The van der Waals surface area contributed by atoms with Crippen LogP contribution in [0.25, 0.3) is 20.7 Å². The molecule has 0 saturated carbocycles. The zero-order valence-corrected chi connectivity index (χ0v) is 18.2. The molecular formula is C24H23N3OS2. The molecule has 0 spiro atoms. The predicted molar refractivity (Wildman–Crippen MR) is 126 cm³/mol. The van der Waals surface area contributed by atoms with E-state index in [2.05, 4.69) is 22.8 Å². The number of hydrogen-bond acceptors (Lipinski definition) is 5. The topological polar surface area (TPSA) is 68.0 Å². The largest absolute Gasteiger partial charge is 0.397 e. The Morgan fingerprint density at radius 1 is 1.07 bits per heavy atom. The Morgan fingerprint density at radius 2 is 1.90 bits per heavy atom. The van der Waals surface area contributed by atoms with Crippen molar-refractivity contribution < 1.29 is 4.79 Å². The number of nitrogens with zero attached hydrogens (tertiary/aromatic N) is 1. The van der Waals surface area contributed by atoms with Crippen LogP contribution in [0.15, 0.2) is 47.8 Å². The first-order valence-electron chi connectivity index (χ1n) is 10.3. The minimum atomic E-state index is -0.133. The van der Waals surface area contributed by atoms with Gasteiger partial charge in [-0.2, -0.15) is 0 Å². The average molecular weight is 434 g/mol. The smallest absolute Gasteiger partial charge is 0.263 e. The number of nitrogens with one attached hydrogen (secondary N) is 1. The van der Waals surface area contributed by atoms with Gasteiger partial charge < -0.3 is 11.1 Å². The zero-order chi connectivity index (χ0) is 20.5. The van der Waals surface area contributed by atoms with Gasteiger partial charge in [-0.05, 0) is 48.3 Å². The van der Waals surface area contributed by atoms with Gasteiger partial charge in [0, 0.05) is 28.1 Å². The van der Waals surface area contributed by atoms with Crippen LogP contribution >= 0.6 is 22.7 Å². The summed E-state index contributed by atoms with van der Waals surface area (Å²) in [6.07, 6.45) is 5.59. The number of anilines is 1. The van der Waals surface area contributed by atoms with Crippen LogP contribution in [0.2, 0.25) is 0 Å². The van der Waals surface area contributed by atoms with Gasteiger partial charge in [-0.15, -0.1) is 22.7 Å². The van der Waals surface area contributed by atoms with E-state index < -0.39 is 0 Å². The van der Waals surface area contributed by atoms with Crippen LogP contribution < -0.4 is 11.1 Å². The molecule has 0 radical (unpaired) electrons. The first-order chi connectivity index (χ1) is 14.7. The van der Waals surface area contributed by atoms with Crippen LogP contribution in [0, 0.1) is 0 Å². The second kappa shape index (κ2) is 8.20. The molecule has 6 heteroatoms. The molecule has 0 fully saturated rings. The second-order valence-corrected chi connectivity index (χ2v) is 9.59. The molecule has 4 aromatic rings. The maximum atomic E-state index is 13.0. The fourth-order valence-electron chi connectivity index (χ4n) is 4.20. The summed E-state index contributed by atoms with van der Waals surface area (Å²) in [6, 6.07) is 14.1. The van der Waals surface area contributed by atoms with E-state index >= 15 is 0 Å². The van der Waals surface area contributed by atoms with Crippen LogP contribution in [0.5, 0.6) is 0 Å². The predicted octanol–water partition coefficient (Wildman–Crippen LogP) is 5.81. The average Bonchev–Trinajstić information content (AvgIpc) is 3.34. The number of carbonyl (C=O) groups excluding carboxylic acids is 1. The number of fused-ring (bicyclic) bond motifs is 2. The van der Waals surface area contributed by atoms with Gasteiger partial charge in [0.05, 0.1) is 5.69 Å². The van der Waals surface area contributed by atoms with Crippen molar-refractivity contribution >= 4 is 44.5 Å². The molecule has 3 heterocycles. The summed E-state index contributed by atoms with van der Waals surface area (Å²) >= 11 is 3.14. The Bertz CT molecular complexity index is 1200. The number of benzene rings is 1. The molecule has 0 saturated heterocycles. The van der Waals surface area contributed by atoms with E-state index in [4.69, 9.17) is 10.7 Å². The standard InChI is InChI=1S/C24H23N3OS2/c25-21-20-19(18-12-7-13-29-18)16-10-5-2-6-11-17(16)27-24(20)30-22(21)23(28)26-14-15-8-3-1-4-9-15/h1,3-4,7-9,12-13H,2,5-6,10-11,14,25H2,(H,26,28). The third kappa shape index (κ3) is 3.50. The number of carbonyl (C=O) groups is 1. The number of nitrogen functional groups attached to an aromatic ring is 1. The molecule has 0 bridgehead atoms. The summed E-state index contributed by atoms with van der Waals surface area (Å²) in [5, 5.41) is 6.07. The van der Waals surface area contributed by atoms with E-state index in [9.17, 15) is 4.79 Å². The number of amides is 1. The van der Waals surface area contributed by atoms with Crippen molar-refractivity contribution in [2.24, 2.45) is 0 Å². The molecule has 0 atom stereocenters. The van der Waals surface area contributed by atoms with Gasteiger partial charge in [0.15, 0.2) is 0 Å². The molecular weight excluding hydrogens is 410 g/mol. The highest BCUT2D eigenvalue weighted by atomic mass is 32.1. The Morgan fingerprint density at radius 3 is 2.70 bits per heavy atom. The third-order valence-corrected chi connectivity index (χ3v) is 7.66. The maximum absolute atomic E-state index is 13.0. The van der Waals surface area contributed by atoms with E-state index in [-0.39, 0.29) is 5.91 Å². The van der Waals surface area contributed by atoms with E-state index in [0.29, 0.717) is 17.1 Å². The molecule has 5 rings (SSSR count). The Kier molecular flexibility index (Phi) is 5.27. The van der Waals surface area contributed by atoms with Gasteiger partial charge >= 0.3 is 0 Å². The van der Waals surface area contributed by atoms with Crippen LogP contribution in [0.3, 0.4) is 0 Å². The van der Waals surface area contributed by atoms with Crippen molar-refractivity contribution in [1.82, 2.24) is 10.3 Å². The fourth-order valence-corrected chi connectivity index (χ4v) is 6.05. The molecule has 1 aromatic carbocycles. The summed E-state index contributed by atoms with van der Waals surface area (Å²) in [5.74, 6) is -0.133. The van der Waals surface area contributed by atoms with Gasteiger partial charge in [0.25, 0.3) is 5.91 Å². The zero-order valence-electron chi connectivity index (χ0n) is 16.6. The summed E-state index contributed by atoms with van der Waals surface area (Å²) < 4.78 is 0. The highest BCUT2D eigenvalue weighted by molar-refractivity contribution is 7.21. The molecule has 3 N–H and O–H groups in total. The molecule has 0 unspecified atom stereocenters. The maximum Gasteiger partial charge on any atom is 0.263 e. The molecule has 0 aliphatic heterocycles. The van der Waals surface area contributed by atoms with Crippen LogP contribution in [0.4, 0.5) is 5.69 Å². The summed E-state index contributed by atoms with van der Waals surface area (Å²) in [6.45, 7) is 0.481. The summed E-state index contributed by atoms with van der Waals surface area (Å²) in [5.41, 5.74) is 11.9. The number of aromatic nitrogens is 1. The normalized spacial score (nSPS) is 13.7. The second-order valence-electron chi connectivity index (χ2n) is 7.64. The quantitative estimate of drug-likeness (QED) is 0.399. The number of rotatable bonds is 4. The highest BCUT2D eigenvalue weighted by Crippen LogP contribution is 2.44. The Labute approximate surface area is 183 Å². The third-order valence-electron chi connectivity index (χ3n) is 5.67. The van der Waals surface area contributed by atoms with E-state index in [1.165, 1.54) is 52.3 Å². The van der Waals surface area contributed by atoms with Gasteiger partial charge in [0.1, 0.15) is 9.71 Å². The number of thiophene rings is 2. The minimum Gasteiger partial charge on any atom is -0.397 e. The summed E-state index contributed by atoms with van der Waals surface area (Å²) in [7, 11) is 0. The number of nitrogens with two attached hydrogens (primary N) is 1. The van der Waals surface area contributed by atoms with Crippen LogP contribution in [-0.2, 0) is 19.4 Å². The monoisotopic (exact) mass is 433 g/mol. The molecule has 30 heavy (non-hydrogen) atoms. The van der Waals surface area contributed by atoms with Crippen molar-refractivity contribution in [3.05, 3.63) is 69.5 Å². The molecule has 4 nitrogen and oxygen atoms in total. The van der Waals surface area contributed by atoms with Gasteiger partial charge in [0.2, 0.25) is 0 Å². The van der Waals surface area contributed by atoms with Crippen LogP contribution in [-0.4, -0.2) is 10.9 Å². The lowest BCUT2D eigenvalue weighted by Gasteiger charge is -2.13. The highest BCUT2D eigenvalue weighted by Gasteiger charge is 2.25. The van der Waals surface area contributed by atoms with Gasteiger partial charge in [-0.3, -0.25) is 4.79 Å². The number of aryl methyl sites for hydroxylation is 1. The lowest BCUT2D eigenvalue weighted by Crippen LogP contribution is -2.22. The Balaban J connectivity index is 1.59. The molecule has 3 aromatic heterocycles. The van der Waals surface area contributed by atoms with Crippen molar-refractivity contribution in [3.63, 3.8) is 0 Å². The lowest BCUT2D eigenvalue weighted by molar-refractivity contribution is 0.0956. The van der Waals surface area contributed by atoms with Gasteiger partial charge in [-0.1, -0.05) is 42.8 Å². The first-order valence-corrected chi connectivity index (χ1v) is 12.0. The lowest BCUT2D eigenvalue weighted by atomic mass is 9.97. The number of hydrogen-bond donors (Lipinski definition) is 2.